The van der Waals surface area contributed by atoms with Crippen LogP contribution in [0.1, 0.15) is 58.2 Å². The Bertz CT molecular complexity index is 1540. The zero-order chi connectivity index (χ0) is 23.7. The van der Waals surface area contributed by atoms with Crippen LogP contribution in [0.25, 0.3) is 38.5 Å². The molecule has 0 aliphatic heterocycles. The van der Waals surface area contributed by atoms with E-state index >= 15 is 0 Å². The van der Waals surface area contributed by atoms with Gasteiger partial charge in [0.05, 0.1) is 23.3 Å². The number of benzene rings is 2. The van der Waals surface area contributed by atoms with E-state index in [9.17, 15) is 0 Å². The van der Waals surface area contributed by atoms with Crippen molar-refractivity contribution in [1.29, 1.82) is 0 Å². The summed E-state index contributed by atoms with van der Waals surface area (Å²) in [6.07, 6.45) is 4.06. The molecule has 2 aromatic carbocycles. The van der Waals surface area contributed by atoms with Crippen molar-refractivity contribution in [2.24, 2.45) is 17.9 Å². The lowest BCUT2D eigenvalue weighted by Gasteiger charge is -2.26. The zero-order valence-corrected chi connectivity index (χ0v) is 21.4. The Labute approximate surface area is 197 Å². The molecule has 0 bridgehead atoms. The van der Waals surface area contributed by atoms with E-state index in [1.54, 1.807) is 0 Å². The average Bonchev–Trinajstić information content (AvgIpc) is 3.01. The molecule has 0 spiro atoms. The highest BCUT2D eigenvalue weighted by atomic mass is 15.1. The van der Waals surface area contributed by atoms with E-state index in [0.717, 1.165) is 18.4 Å². The van der Waals surface area contributed by atoms with Gasteiger partial charge in [0.1, 0.15) is 5.52 Å². The summed E-state index contributed by atoms with van der Waals surface area (Å²) >= 11 is 0. The number of imidazole rings is 1. The van der Waals surface area contributed by atoms with Crippen molar-refractivity contribution in [1.82, 2.24) is 9.38 Å². The van der Waals surface area contributed by atoms with Gasteiger partial charge in [0.15, 0.2) is 11.0 Å². The van der Waals surface area contributed by atoms with Crippen LogP contribution in [0.2, 0.25) is 0 Å². The number of hydrogen-bond donors (Lipinski definition) is 0. The van der Waals surface area contributed by atoms with Crippen molar-refractivity contribution in [2.75, 3.05) is 0 Å². The van der Waals surface area contributed by atoms with E-state index in [4.69, 9.17) is 4.98 Å². The van der Waals surface area contributed by atoms with Gasteiger partial charge in [0.25, 0.3) is 5.65 Å². The summed E-state index contributed by atoms with van der Waals surface area (Å²) < 4.78 is 4.80. The summed E-state index contributed by atoms with van der Waals surface area (Å²) in [4.78, 5) is 5.03. The summed E-state index contributed by atoms with van der Waals surface area (Å²) in [5, 5.41) is 2.57. The molecule has 3 heteroatoms. The van der Waals surface area contributed by atoms with E-state index in [1.807, 2.05) is 6.20 Å². The lowest BCUT2D eigenvalue weighted by Crippen LogP contribution is -2.27. The van der Waals surface area contributed by atoms with Gasteiger partial charge in [-0.2, -0.15) is 4.40 Å². The topological polar surface area (TPSA) is 21.2 Å². The minimum Gasteiger partial charge on any atom is -0.255 e. The highest BCUT2D eigenvalue weighted by Gasteiger charge is 2.28. The number of rotatable bonds is 2. The van der Waals surface area contributed by atoms with Gasteiger partial charge in [-0.05, 0) is 71.6 Å². The van der Waals surface area contributed by atoms with Crippen molar-refractivity contribution in [3.63, 3.8) is 0 Å². The normalized spacial score (nSPS) is 13.1. The van der Waals surface area contributed by atoms with Crippen molar-refractivity contribution in [2.45, 2.75) is 61.3 Å². The second-order valence-electron chi connectivity index (χ2n) is 12.1. The number of aryl methyl sites for hydroxylation is 2. The highest BCUT2D eigenvalue weighted by Crippen LogP contribution is 2.38. The van der Waals surface area contributed by atoms with Gasteiger partial charge in [-0.3, -0.25) is 4.98 Å². The quantitative estimate of drug-likeness (QED) is 0.213. The van der Waals surface area contributed by atoms with E-state index in [0.29, 0.717) is 0 Å². The fourth-order valence-corrected chi connectivity index (χ4v) is 5.47. The largest absolute Gasteiger partial charge is 0.297 e. The minimum absolute atomic E-state index is 0.176. The van der Waals surface area contributed by atoms with Crippen LogP contribution in [-0.4, -0.2) is 9.38 Å². The molecule has 0 amide bonds. The molecular weight excluding hydrogens is 402 g/mol. The molecule has 0 unspecified atom stereocenters. The Kier molecular flexibility index (Phi) is 4.83. The van der Waals surface area contributed by atoms with Crippen LogP contribution in [0.4, 0.5) is 0 Å². The number of hydrogen-bond acceptors (Lipinski definition) is 1. The van der Waals surface area contributed by atoms with Gasteiger partial charge >= 0.3 is 0 Å². The standard InChI is InChI=1S/C30H36N3/c1-19-15-16-31-27-25(19)28-32(8)22-11-9-10-12-23(22)33(28)24-14-13-20(17-29(2,3)4)21(26(24)27)18-30(5,6)7/h9-16H,17-18H2,1-8H3/q+1. The number of fused-ring (bicyclic) bond motifs is 8. The zero-order valence-electron chi connectivity index (χ0n) is 21.4. The highest BCUT2D eigenvalue weighted by molar-refractivity contribution is 6.13. The maximum absolute atomic E-state index is 5.03. The fraction of sp³-hybridized carbons (Fsp3) is 0.400. The monoisotopic (exact) mass is 438 g/mol. The molecule has 0 saturated carbocycles. The second kappa shape index (κ2) is 7.28. The van der Waals surface area contributed by atoms with Crippen molar-refractivity contribution < 1.29 is 4.57 Å². The lowest BCUT2D eigenvalue weighted by molar-refractivity contribution is -0.617. The molecule has 3 aromatic heterocycles. The molecule has 0 N–H and O–H groups in total. The van der Waals surface area contributed by atoms with Crippen LogP contribution in [0, 0.1) is 17.8 Å². The average molecular weight is 439 g/mol. The first-order valence-electron chi connectivity index (χ1n) is 12.1. The molecule has 170 valence electrons. The molecule has 0 aliphatic carbocycles. The maximum Gasteiger partial charge on any atom is 0.297 e. The number of pyridine rings is 2. The first-order chi connectivity index (χ1) is 15.5. The summed E-state index contributed by atoms with van der Waals surface area (Å²) in [6.45, 7) is 16.3. The SMILES string of the molecule is Cc1ccnc2c3c(CC(C)(C)C)c(CC(C)(C)C)ccc3n3c4ccccc4[n+](C)c3c12. The van der Waals surface area contributed by atoms with Crippen LogP contribution >= 0.6 is 0 Å². The molecule has 0 radical (unpaired) electrons. The van der Waals surface area contributed by atoms with Crippen LogP contribution in [-0.2, 0) is 19.9 Å². The number of para-hydroxylation sites is 2. The first-order valence-corrected chi connectivity index (χ1v) is 12.1. The van der Waals surface area contributed by atoms with Crippen LogP contribution in [0.15, 0.2) is 48.7 Å². The molecule has 0 fully saturated rings. The third-order valence-electron chi connectivity index (χ3n) is 6.69. The van der Waals surface area contributed by atoms with Crippen molar-refractivity contribution in [3.8, 4) is 0 Å². The smallest absolute Gasteiger partial charge is 0.255 e. The van der Waals surface area contributed by atoms with Gasteiger partial charge < -0.3 is 0 Å². The Morgan fingerprint density at radius 2 is 1.52 bits per heavy atom. The molecule has 0 saturated heterocycles. The Hall–Kier alpha value is -2.94. The second-order valence-corrected chi connectivity index (χ2v) is 12.1. The summed E-state index contributed by atoms with van der Waals surface area (Å²) in [5.74, 6) is 0. The third kappa shape index (κ3) is 3.58. The van der Waals surface area contributed by atoms with Crippen molar-refractivity contribution >= 4 is 38.5 Å². The van der Waals surface area contributed by atoms with Gasteiger partial charge in [-0.15, -0.1) is 0 Å². The molecule has 33 heavy (non-hydrogen) atoms. The fourth-order valence-electron chi connectivity index (χ4n) is 5.47. The van der Waals surface area contributed by atoms with Gasteiger partial charge in [0.2, 0.25) is 0 Å². The predicted molar refractivity (Wildman–Crippen MR) is 140 cm³/mol. The Balaban J connectivity index is 2.09. The summed E-state index contributed by atoms with van der Waals surface area (Å²) in [7, 11) is 2.18. The van der Waals surface area contributed by atoms with Gasteiger partial charge in [0, 0.05) is 6.20 Å². The van der Waals surface area contributed by atoms with Crippen LogP contribution in [0.3, 0.4) is 0 Å². The molecule has 3 nitrogen and oxygen atoms in total. The van der Waals surface area contributed by atoms with Gasteiger partial charge in [-0.1, -0.05) is 59.7 Å². The maximum atomic E-state index is 5.03. The van der Waals surface area contributed by atoms with Crippen LogP contribution in [0.5, 0.6) is 0 Å². The molecule has 0 atom stereocenters. The van der Waals surface area contributed by atoms with Crippen molar-refractivity contribution in [3.05, 3.63) is 65.4 Å². The van der Waals surface area contributed by atoms with E-state index in [1.165, 1.54) is 49.7 Å². The summed E-state index contributed by atoms with van der Waals surface area (Å²) in [5.41, 5.74) is 10.7. The van der Waals surface area contributed by atoms with Gasteiger partial charge in [-0.25, -0.2) is 4.57 Å². The first kappa shape index (κ1) is 21.9. The van der Waals surface area contributed by atoms with E-state index in [2.05, 4.69) is 107 Å². The lowest BCUT2D eigenvalue weighted by atomic mass is 9.79. The molecule has 3 heterocycles. The Morgan fingerprint density at radius 1 is 0.818 bits per heavy atom. The molecule has 0 aliphatic rings. The Morgan fingerprint density at radius 3 is 2.21 bits per heavy atom. The molecule has 5 rings (SSSR count). The third-order valence-corrected chi connectivity index (χ3v) is 6.69. The summed E-state index contributed by atoms with van der Waals surface area (Å²) in [6, 6.07) is 15.6. The number of aromatic nitrogens is 3. The van der Waals surface area contributed by atoms with E-state index in [-0.39, 0.29) is 10.8 Å². The predicted octanol–water partition coefficient (Wildman–Crippen LogP) is 7.10. The van der Waals surface area contributed by atoms with E-state index < -0.39 is 0 Å². The molecule has 5 aromatic rings. The number of nitrogens with zero attached hydrogens (tertiary/aromatic N) is 3. The van der Waals surface area contributed by atoms with Crippen LogP contribution < -0.4 is 4.57 Å². The minimum atomic E-state index is 0.176. The molecular formula is C30H36N3+.